The fourth-order valence-electron chi connectivity index (χ4n) is 1.77. The van der Waals surface area contributed by atoms with Crippen LogP contribution in [-0.2, 0) is 0 Å². The molecule has 5 heteroatoms. The van der Waals surface area contributed by atoms with E-state index in [1.165, 1.54) is 0 Å². The van der Waals surface area contributed by atoms with Gasteiger partial charge >= 0.3 is 0 Å². The number of rotatable bonds is 3. The minimum atomic E-state index is 0.0564. The molecule has 1 atom stereocenters. The second-order valence-electron chi connectivity index (χ2n) is 4.13. The first kappa shape index (κ1) is 15.2. The fraction of sp³-hybridized carbons (Fsp3) is 0.143. The van der Waals surface area contributed by atoms with Crippen LogP contribution in [0.5, 0.6) is 0 Å². The van der Waals surface area contributed by atoms with Crippen LogP contribution in [0.2, 0.25) is 15.1 Å². The monoisotopic (exact) mass is 425 g/mol. The highest BCUT2D eigenvalue weighted by atomic mass is 127. The lowest BCUT2D eigenvalue weighted by molar-refractivity contribution is 0.884. The minimum absolute atomic E-state index is 0.0564. The van der Waals surface area contributed by atoms with Crippen LogP contribution in [0, 0.1) is 3.57 Å². The molecule has 0 aromatic heterocycles. The first-order valence-electron chi connectivity index (χ1n) is 5.64. The number of nitrogens with one attached hydrogen (secondary N) is 1. The maximum absolute atomic E-state index is 6.22. The maximum atomic E-state index is 6.22. The topological polar surface area (TPSA) is 12.0 Å². The van der Waals surface area contributed by atoms with E-state index in [4.69, 9.17) is 34.8 Å². The second kappa shape index (κ2) is 6.53. The molecule has 0 aliphatic rings. The molecule has 2 aromatic carbocycles. The average molecular weight is 427 g/mol. The van der Waals surface area contributed by atoms with Crippen LogP contribution in [0.15, 0.2) is 36.4 Å². The molecule has 0 aliphatic carbocycles. The fourth-order valence-corrected chi connectivity index (χ4v) is 3.27. The normalized spacial score (nSPS) is 12.3. The van der Waals surface area contributed by atoms with Crippen molar-refractivity contribution in [2.24, 2.45) is 0 Å². The lowest BCUT2D eigenvalue weighted by atomic mass is 10.1. The van der Waals surface area contributed by atoms with Crippen molar-refractivity contribution in [2.45, 2.75) is 13.0 Å². The molecule has 0 bridgehead atoms. The molecule has 0 fully saturated rings. The lowest BCUT2D eigenvalue weighted by Crippen LogP contribution is -2.08. The van der Waals surface area contributed by atoms with Crippen molar-refractivity contribution in [3.05, 3.63) is 60.6 Å². The third-order valence-electron chi connectivity index (χ3n) is 2.75. The van der Waals surface area contributed by atoms with Crippen LogP contribution in [0.1, 0.15) is 18.5 Å². The maximum Gasteiger partial charge on any atom is 0.0644 e. The third kappa shape index (κ3) is 3.69. The first-order chi connectivity index (χ1) is 8.99. The van der Waals surface area contributed by atoms with Crippen molar-refractivity contribution >= 4 is 63.1 Å². The molecule has 0 saturated heterocycles. The van der Waals surface area contributed by atoms with Crippen LogP contribution in [0.3, 0.4) is 0 Å². The van der Waals surface area contributed by atoms with E-state index in [0.717, 1.165) is 19.8 Å². The summed E-state index contributed by atoms with van der Waals surface area (Å²) < 4.78 is 1.06. The van der Waals surface area contributed by atoms with E-state index in [2.05, 4.69) is 27.9 Å². The van der Waals surface area contributed by atoms with Crippen molar-refractivity contribution in [3.63, 3.8) is 0 Å². The lowest BCUT2D eigenvalue weighted by Gasteiger charge is -2.18. The largest absolute Gasteiger partial charge is 0.378 e. The smallest absolute Gasteiger partial charge is 0.0644 e. The zero-order valence-electron chi connectivity index (χ0n) is 10.1. The highest BCUT2D eigenvalue weighted by molar-refractivity contribution is 14.1. The number of benzene rings is 2. The first-order valence-corrected chi connectivity index (χ1v) is 7.86. The Morgan fingerprint density at radius 2 is 1.84 bits per heavy atom. The predicted octanol–water partition coefficient (Wildman–Crippen LogP) is 6.42. The van der Waals surface area contributed by atoms with Gasteiger partial charge in [-0.2, -0.15) is 0 Å². The summed E-state index contributed by atoms with van der Waals surface area (Å²) in [6.07, 6.45) is 0. The van der Waals surface area contributed by atoms with E-state index >= 15 is 0 Å². The van der Waals surface area contributed by atoms with Gasteiger partial charge in [0, 0.05) is 14.3 Å². The van der Waals surface area contributed by atoms with E-state index in [9.17, 15) is 0 Å². The van der Waals surface area contributed by atoms with Crippen LogP contribution >= 0.6 is 57.4 Å². The van der Waals surface area contributed by atoms with Gasteiger partial charge in [-0.3, -0.25) is 0 Å². The Hall–Kier alpha value is -0.160. The van der Waals surface area contributed by atoms with Crippen molar-refractivity contribution in [3.8, 4) is 0 Å². The summed E-state index contributed by atoms with van der Waals surface area (Å²) in [5.41, 5.74) is 1.99. The summed E-state index contributed by atoms with van der Waals surface area (Å²) in [5.74, 6) is 0. The molecule has 0 spiro atoms. The molecule has 0 aliphatic heterocycles. The van der Waals surface area contributed by atoms with E-state index in [0.29, 0.717) is 10.0 Å². The van der Waals surface area contributed by atoms with Gasteiger partial charge in [0.25, 0.3) is 0 Å². The van der Waals surface area contributed by atoms with Crippen molar-refractivity contribution in [2.75, 3.05) is 5.32 Å². The van der Waals surface area contributed by atoms with Crippen LogP contribution in [0.4, 0.5) is 5.69 Å². The van der Waals surface area contributed by atoms with Crippen molar-refractivity contribution < 1.29 is 0 Å². The van der Waals surface area contributed by atoms with Gasteiger partial charge in [0.1, 0.15) is 0 Å². The van der Waals surface area contributed by atoms with Gasteiger partial charge < -0.3 is 5.32 Å². The molecule has 0 radical (unpaired) electrons. The molecule has 1 nitrogen and oxygen atoms in total. The Kier molecular flexibility index (Phi) is 5.23. The molecular weight excluding hydrogens is 415 g/mol. The molecule has 0 amide bonds. The summed E-state index contributed by atoms with van der Waals surface area (Å²) in [6, 6.07) is 11.4. The van der Waals surface area contributed by atoms with Crippen LogP contribution in [0.25, 0.3) is 0 Å². The van der Waals surface area contributed by atoms with E-state index in [1.54, 1.807) is 6.07 Å². The Labute approximate surface area is 141 Å². The Morgan fingerprint density at radius 3 is 2.53 bits per heavy atom. The zero-order chi connectivity index (χ0) is 14.0. The summed E-state index contributed by atoms with van der Waals surface area (Å²) in [6.45, 7) is 2.04. The molecule has 19 heavy (non-hydrogen) atoms. The number of hydrogen-bond acceptors (Lipinski definition) is 1. The molecular formula is C14H11Cl3IN. The van der Waals surface area contributed by atoms with E-state index in [1.807, 2.05) is 37.3 Å². The quantitative estimate of drug-likeness (QED) is 0.558. The molecule has 1 unspecified atom stereocenters. The molecule has 100 valence electrons. The minimum Gasteiger partial charge on any atom is -0.378 e. The van der Waals surface area contributed by atoms with Gasteiger partial charge in [0.15, 0.2) is 0 Å². The molecule has 0 heterocycles. The van der Waals surface area contributed by atoms with Crippen LogP contribution < -0.4 is 5.32 Å². The number of hydrogen-bond donors (Lipinski definition) is 1. The van der Waals surface area contributed by atoms with Crippen molar-refractivity contribution in [1.29, 1.82) is 0 Å². The second-order valence-corrected chi connectivity index (χ2v) is 6.52. The SMILES string of the molecule is CC(Nc1ccc(Cl)cc1I)c1cccc(Cl)c1Cl. The Balaban J connectivity index is 2.25. The van der Waals surface area contributed by atoms with Gasteiger partial charge in [-0.15, -0.1) is 0 Å². The van der Waals surface area contributed by atoms with Gasteiger partial charge in [-0.1, -0.05) is 46.9 Å². The molecule has 1 N–H and O–H groups in total. The van der Waals surface area contributed by atoms with E-state index in [-0.39, 0.29) is 6.04 Å². The summed E-state index contributed by atoms with van der Waals surface area (Å²) in [7, 11) is 0. The Morgan fingerprint density at radius 1 is 1.11 bits per heavy atom. The zero-order valence-corrected chi connectivity index (χ0v) is 14.5. The van der Waals surface area contributed by atoms with Gasteiger partial charge in [0.2, 0.25) is 0 Å². The van der Waals surface area contributed by atoms with Crippen molar-refractivity contribution in [1.82, 2.24) is 0 Å². The third-order valence-corrected chi connectivity index (χ3v) is 4.71. The van der Waals surface area contributed by atoms with E-state index < -0.39 is 0 Å². The molecule has 2 rings (SSSR count). The predicted molar refractivity (Wildman–Crippen MR) is 92.7 cm³/mol. The summed E-state index contributed by atoms with van der Waals surface area (Å²) >= 11 is 20.5. The van der Waals surface area contributed by atoms with Gasteiger partial charge in [-0.05, 0) is 59.3 Å². The number of anilines is 1. The average Bonchev–Trinajstić information content (AvgIpc) is 2.36. The van der Waals surface area contributed by atoms with Gasteiger partial charge in [-0.25, -0.2) is 0 Å². The molecule has 0 saturated carbocycles. The standard InChI is InChI=1S/C14H11Cl3IN/c1-8(10-3-2-4-11(16)14(10)17)19-13-6-5-9(15)7-12(13)18/h2-8,19H,1H3. The molecule has 2 aromatic rings. The Bertz CT molecular complexity index is 601. The van der Waals surface area contributed by atoms with Gasteiger partial charge in [0.05, 0.1) is 16.1 Å². The number of halogens is 4. The highest BCUT2D eigenvalue weighted by Gasteiger charge is 2.12. The highest BCUT2D eigenvalue weighted by Crippen LogP contribution is 2.32. The summed E-state index contributed by atoms with van der Waals surface area (Å²) in [5, 5.41) is 5.30. The van der Waals surface area contributed by atoms with Crippen LogP contribution in [-0.4, -0.2) is 0 Å². The summed E-state index contributed by atoms with van der Waals surface area (Å²) in [4.78, 5) is 0.